The van der Waals surface area contributed by atoms with Gasteiger partial charge in [0.05, 0.1) is 0 Å². The highest BCUT2D eigenvalue weighted by atomic mass is 19.1. The Bertz CT molecular complexity index is 983. The molecule has 148 valence electrons. The fourth-order valence-electron chi connectivity index (χ4n) is 3.69. The van der Waals surface area contributed by atoms with Gasteiger partial charge < -0.3 is 5.32 Å². The summed E-state index contributed by atoms with van der Waals surface area (Å²) in [5.41, 5.74) is 3.42. The number of nitrogens with zero attached hydrogens (tertiary/aromatic N) is 2. The SMILES string of the molecule is Cc1ccn2c(NC(=O)CC(C)CC(C)(C)C)c(-c3ccc(F)cc3)nc2c1. The van der Waals surface area contributed by atoms with E-state index in [9.17, 15) is 9.18 Å². The Balaban J connectivity index is 1.93. The van der Waals surface area contributed by atoms with E-state index in [4.69, 9.17) is 4.98 Å². The van der Waals surface area contributed by atoms with Gasteiger partial charge in [-0.2, -0.15) is 0 Å². The number of hydrogen-bond acceptors (Lipinski definition) is 2. The molecule has 28 heavy (non-hydrogen) atoms. The largest absolute Gasteiger partial charge is 0.310 e. The van der Waals surface area contributed by atoms with Crippen LogP contribution in [0.5, 0.6) is 0 Å². The van der Waals surface area contributed by atoms with Crippen molar-refractivity contribution in [2.75, 3.05) is 5.32 Å². The van der Waals surface area contributed by atoms with Gasteiger partial charge in [-0.15, -0.1) is 0 Å². The molecule has 1 aromatic carbocycles. The lowest BCUT2D eigenvalue weighted by atomic mass is 9.84. The van der Waals surface area contributed by atoms with E-state index in [2.05, 4.69) is 33.0 Å². The average Bonchev–Trinajstić information content (AvgIpc) is 2.91. The van der Waals surface area contributed by atoms with Crippen LogP contribution in [0.25, 0.3) is 16.9 Å². The van der Waals surface area contributed by atoms with Gasteiger partial charge >= 0.3 is 0 Å². The maximum absolute atomic E-state index is 13.4. The van der Waals surface area contributed by atoms with E-state index in [1.54, 1.807) is 12.1 Å². The molecule has 1 atom stereocenters. The lowest BCUT2D eigenvalue weighted by molar-refractivity contribution is -0.117. The van der Waals surface area contributed by atoms with Crippen LogP contribution in [0.2, 0.25) is 0 Å². The minimum Gasteiger partial charge on any atom is -0.310 e. The molecule has 0 saturated heterocycles. The van der Waals surface area contributed by atoms with Crippen LogP contribution in [0.4, 0.5) is 10.2 Å². The summed E-state index contributed by atoms with van der Waals surface area (Å²) in [6.45, 7) is 10.6. The molecular formula is C23H28FN3O. The Morgan fingerprint density at radius 2 is 1.89 bits per heavy atom. The monoisotopic (exact) mass is 381 g/mol. The van der Waals surface area contributed by atoms with Crippen LogP contribution >= 0.6 is 0 Å². The summed E-state index contributed by atoms with van der Waals surface area (Å²) < 4.78 is 15.2. The summed E-state index contributed by atoms with van der Waals surface area (Å²) >= 11 is 0. The highest BCUT2D eigenvalue weighted by Crippen LogP contribution is 2.30. The Kier molecular flexibility index (Phi) is 5.54. The second-order valence-electron chi connectivity index (χ2n) is 8.87. The molecule has 0 aliphatic carbocycles. The van der Waals surface area contributed by atoms with Crippen molar-refractivity contribution < 1.29 is 9.18 Å². The molecule has 2 heterocycles. The van der Waals surface area contributed by atoms with Gasteiger partial charge in [-0.3, -0.25) is 9.20 Å². The average molecular weight is 381 g/mol. The molecule has 4 nitrogen and oxygen atoms in total. The number of carbonyl (C=O) groups is 1. The van der Waals surface area contributed by atoms with Gasteiger partial charge in [0.2, 0.25) is 5.91 Å². The molecule has 1 amide bonds. The van der Waals surface area contributed by atoms with Crippen LogP contribution in [0.15, 0.2) is 42.6 Å². The molecule has 0 bridgehead atoms. The number of aryl methyl sites for hydroxylation is 1. The smallest absolute Gasteiger partial charge is 0.225 e. The molecule has 0 aliphatic heterocycles. The number of carbonyl (C=O) groups excluding carboxylic acids is 1. The van der Waals surface area contributed by atoms with E-state index in [-0.39, 0.29) is 23.1 Å². The molecular weight excluding hydrogens is 353 g/mol. The molecule has 2 aromatic heterocycles. The first-order valence-corrected chi connectivity index (χ1v) is 9.67. The number of benzene rings is 1. The Hall–Kier alpha value is -2.69. The minimum absolute atomic E-state index is 0.0394. The van der Waals surface area contributed by atoms with E-state index >= 15 is 0 Å². The van der Waals surface area contributed by atoms with Gasteiger partial charge in [0.1, 0.15) is 23.0 Å². The number of aromatic nitrogens is 2. The number of hydrogen-bond donors (Lipinski definition) is 1. The van der Waals surface area contributed by atoms with Crippen LogP contribution < -0.4 is 5.32 Å². The fraction of sp³-hybridized carbons (Fsp3) is 0.391. The Morgan fingerprint density at radius 3 is 2.54 bits per heavy atom. The summed E-state index contributed by atoms with van der Waals surface area (Å²) in [5.74, 6) is 0.553. The highest BCUT2D eigenvalue weighted by molar-refractivity contribution is 5.94. The van der Waals surface area contributed by atoms with Crippen molar-refractivity contribution >= 4 is 17.4 Å². The summed E-state index contributed by atoms with van der Waals surface area (Å²) in [6, 6.07) is 10.1. The van der Waals surface area contributed by atoms with E-state index in [1.807, 2.05) is 29.7 Å². The van der Waals surface area contributed by atoms with Crippen molar-refractivity contribution in [2.45, 2.75) is 47.5 Å². The Labute approximate surface area is 165 Å². The van der Waals surface area contributed by atoms with Crippen molar-refractivity contribution in [3.63, 3.8) is 0 Å². The predicted octanol–water partition coefficient (Wildman–Crippen LogP) is 5.85. The van der Waals surface area contributed by atoms with Crippen molar-refractivity contribution in [3.8, 4) is 11.3 Å². The molecule has 0 spiro atoms. The molecule has 0 saturated carbocycles. The number of nitrogens with one attached hydrogen (secondary N) is 1. The predicted molar refractivity (Wildman–Crippen MR) is 112 cm³/mol. The molecule has 3 aromatic rings. The van der Waals surface area contributed by atoms with Gasteiger partial charge in [-0.05, 0) is 66.6 Å². The molecule has 0 fully saturated rings. The van der Waals surface area contributed by atoms with Crippen molar-refractivity contribution in [1.82, 2.24) is 9.38 Å². The van der Waals surface area contributed by atoms with Crippen LogP contribution in [0.3, 0.4) is 0 Å². The standard InChI is InChI=1S/C23H28FN3O/c1-15-10-11-27-19(12-15)25-21(17-6-8-18(24)9-7-17)22(27)26-20(28)13-16(2)14-23(3,4)5/h6-12,16H,13-14H2,1-5H3,(H,26,28). The van der Waals surface area contributed by atoms with Crippen molar-refractivity contribution in [3.05, 3.63) is 54.0 Å². The van der Waals surface area contributed by atoms with E-state index < -0.39 is 0 Å². The summed E-state index contributed by atoms with van der Waals surface area (Å²) in [4.78, 5) is 17.4. The summed E-state index contributed by atoms with van der Waals surface area (Å²) in [7, 11) is 0. The molecule has 1 unspecified atom stereocenters. The third-order valence-corrected chi connectivity index (χ3v) is 4.65. The fourth-order valence-corrected chi connectivity index (χ4v) is 3.69. The number of anilines is 1. The molecule has 3 rings (SSSR count). The first-order valence-electron chi connectivity index (χ1n) is 9.67. The van der Waals surface area contributed by atoms with Crippen LogP contribution in [-0.2, 0) is 4.79 Å². The lowest BCUT2D eigenvalue weighted by Gasteiger charge is -2.22. The van der Waals surface area contributed by atoms with E-state index in [0.29, 0.717) is 17.9 Å². The van der Waals surface area contributed by atoms with Gasteiger partial charge in [-0.25, -0.2) is 9.37 Å². The quantitative estimate of drug-likeness (QED) is 0.602. The van der Waals surface area contributed by atoms with Crippen LogP contribution in [0.1, 0.15) is 46.1 Å². The number of imidazole rings is 1. The first kappa shape index (κ1) is 20.1. The Morgan fingerprint density at radius 1 is 1.21 bits per heavy atom. The van der Waals surface area contributed by atoms with Gasteiger partial charge in [0.25, 0.3) is 0 Å². The number of amides is 1. The lowest BCUT2D eigenvalue weighted by Crippen LogP contribution is -2.19. The van der Waals surface area contributed by atoms with Crippen LogP contribution in [-0.4, -0.2) is 15.3 Å². The number of halogens is 1. The van der Waals surface area contributed by atoms with E-state index in [1.165, 1.54) is 12.1 Å². The topological polar surface area (TPSA) is 46.4 Å². The maximum atomic E-state index is 13.4. The van der Waals surface area contributed by atoms with Crippen LogP contribution in [0, 0.1) is 24.1 Å². The number of pyridine rings is 1. The zero-order valence-corrected chi connectivity index (χ0v) is 17.2. The zero-order valence-electron chi connectivity index (χ0n) is 17.2. The van der Waals surface area contributed by atoms with Gasteiger partial charge in [0.15, 0.2) is 0 Å². The number of rotatable bonds is 5. The second kappa shape index (κ2) is 7.74. The van der Waals surface area contributed by atoms with E-state index in [0.717, 1.165) is 23.2 Å². The number of fused-ring (bicyclic) bond motifs is 1. The first-order chi connectivity index (χ1) is 13.1. The third kappa shape index (κ3) is 4.77. The summed E-state index contributed by atoms with van der Waals surface area (Å²) in [5, 5.41) is 3.05. The molecule has 5 heteroatoms. The third-order valence-electron chi connectivity index (χ3n) is 4.65. The van der Waals surface area contributed by atoms with Crippen molar-refractivity contribution in [1.29, 1.82) is 0 Å². The highest BCUT2D eigenvalue weighted by Gasteiger charge is 2.20. The molecule has 0 aliphatic rings. The minimum atomic E-state index is -0.301. The summed E-state index contributed by atoms with van der Waals surface area (Å²) in [6.07, 6.45) is 3.32. The van der Waals surface area contributed by atoms with Gasteiger partial charge in [0, 0.05) is 18.2 Å². The normalized spacial score (nSPS) is 12.9. The van der Waals surface area contributed by atoms with Crippen molar-refractivity contribution in [2.24, 2.45) is 11.3 Å². The maximum Gasteiger partial charge on any atom is 0.225 e. The van der Waals surface area contributed by atoms with Gasteiger partial charge in [-0.1, -0.05) is 27.7 Å². The zero-order chi connectivity index (χ0) is 20.5. The molecule has 0 radical (unpaired) electrons. The second-order valence-corrected chi connectivity index (χ2v) is 8.87. The molecule has 1 N–H and O–H groups in total.